The number of hydrogen-bond donors (Lipinski definition) is 1. The van der Waals surface area contributed by atoms with Gasteiger partial charge in [-0.05, 0) is 48.4 Å². The predicted molar refractivity (Wildman–Crippen MR) is 75.3 cm³/mol. The van der Waals surface area contributed by atoms with E-state index in [1.807, 2.05) is 18.2 Å². The molecule has 0 saturated carbocycles. The zero-order valence-electron chi connectivity index (χ0n) is 11.6. The zero-order valence-corrected chi connectivity index (χ0v) is 11.6. The van der Waals surface area contributed by atoms with Crippen LogP contribution in [0.25, 0.3) is 0 Å². The van der Waals surface area contributed by atoms with Gasteiger partial charge in [-0.15, -0.1) is 0 Å². The average molecular weight is 257 g/mol. The molecule has 0 fully saturated rings. The van der Waals surface area contributed by atoms with Crippen LogP contribution in [-0.2, 0) is 0 Å². The van der Waals surface area contributed by atoms with Gasteiger partial charge in [-0.25, -0.2) is 0 Å². The molecule has 19 heavy (non-hydrogen) atoms. The molecule has 2 aromatic rings. The second kappa shape index (κ2) is 6.29. The first-order valence-electron chi connectivity index (χ1n) is 6.40. The molecule has 1 heterocycles. The molecular formula is C15H19N3O. The van der Waals surface area contributed by atoms with Crippen molar-refractivity contribution < 1.29 is 4.74 Å². The topological polar surface area (TPSA) is 47.0 Å². The van der Waals surface area contributed by atoms with Gasteiger partial charge < -0.3 is 10.1 Å². The SMILES string of the molecule is CCNC(c1ccnnc1)c1ccc(OC)cc1C. The van der Waals surface area contributed by atoms with Crippen molar-refractivity contribution in [3.8, 4) is 5.75 Å². The molecule has 1 unspecified atom stereocenters. The normalized spacial score (nSPS) is 12.2. The Balaban J connectivity index is 2.39. The lowest BCUT2D eigenvalue weighted by Crippen LogP contribution is -2.23. The van der Waals surface area contributed by atoms with Crippen molar-refractivity contribution in [2.24, 2.45) is 0 Å². The Bertz CT molecular complexity index is 528. The van der Waals surface area contributed by atoms with E-state index in [-0.39, 0.29) is 6.04 Å². The predicted octanol–water partition coefficient (Wildman–Crippen LogP) is 2.49. The number of rotatable bonds is 5. The number of nitrogens with one attached hydrogen (secondary N) is 1. The summed E-state index contributed by atoms with van der Waals surface area (Å²) in [4.78, 5) is 0. The fraction of sp³-hybridized carbons (Fsp3) is 0.333. The highest BCUT2D eigenvalue weighted by Crippen LogP contribution is 2.26. The van der Waals surface area contributed by atoms with E-state index in [1.54, 1.807) is 19.5 Å². The van der Waals surface area contributed by atoms with E-state index in [2.05, 4.69) is 35.4 Å². The first-order chi connectivity index (χ1) is 9.26. The van der Waals surface area contributed by atoms with Gasteiger partial charge in [0, 0.05) is 6.20 Å². The summed E-state index contributed by atoms with van der Waals surface area (Å²) in [5, 5.41) is 11.3. The van der Waals surface area contributed by atoms with Gasteiger partial charge >= 0.3 is 0 Å². The van der Waals surface area contributed by atoms with Crippen LogP contribution in [0.15, 0.2) is 36.7 Å². The van der Waals surface area contributed by atoms with Crippen molar-refractivity contribution in [2.45, 2.75) is 19.9 Å². The number of aromatic nitrogens is 2. The standard InChI is InChI=1S/C15H19N3O/c1-4-16-15(12-7-8-17-18-10-12)14-6-5-13(19-3)9-11(14)2/h5-10,15-16H,4H2,1-3H3. The van der Waals surface area contributed by atoms with Gasteiger partial charge in [0.05, 0.1) is 19.3 Å². The van der Waals surface area contributed by atoms with Crippen LogP contribution in [0, 0.1) is 6.92 Å². The summed E-state index contributed by atoms with van der Waals surface area (Å²) >= 11 is 0. The molecule has 100 valence electrons. The van der Waals surface area contributed by atoms with Crippen LogP contribution in [-0.4, -0.2) is 23.9 Å². The van der Waals surface area contributed by atoms with Gasteiger partial charge in [-0.3, -0.25) is 0 Å². The maximum absolute atomic E-state index is 5.25. The Morgan fingerprint density at radius 1 is 1.26 bits per heavy atom. The molecule has 1 aromatic heterocycles. The van der Waals surface area contributed by atoms with E-state index < -0.39 is 0 Å². The van der Waals surface area contributed by atoms with E-state index in [9.17, 15) is 0 Å². The quantitative estimate of drug-likeness (QED) is 0.894. The molecule has 1 atom stereocenters. The highest BCUT2D eigenvalue weighted by atomic mass is 16.5. The number of ether oxygens (including phenoxy) is 1. The monoisotopic (exact) mass is 257 g/mol. The van der Waals surface area contributed by atoms with E-state index in [1.165, 1.54) is 11.1 Å². The van der Waals surface area contributed by atoms with Crippen LogP contribution in [0.4, 0.5) is 0 Å². The van der Waals surface area contributed by atoms with Crippen LogP contribution in [0.2, 0.25) is 0 Å². The van der Waals surface area contributed by atoms with Gasteiger partial charge in [0.1, 0.15) is 5.75 Å². The highest BCUT2D eigenvalue weighted by molar-refractivity contribution is 5.40. The van der Waals surface area contributed by atoms with Gasteiger partial charge in [0.25, 0.3) is 0 Å². The number of hydrogen-bond acceptors (Lipinski definition) is 4. The molecule has 4 nitrogen and oxygen atoms in total. The van der Waals surface area contributed by atoms with Crippen molar-refractivity contribution in [1.82, 2.24) is 15.5 Å². The van der Waals surface area contributed by atoms with Crippen LogP contribution >= 0.6 is 0 Å². The Kier molecular flexibility index (Phi) is 4.47. The minimum Gasteiger partial charge on any atom is -0.497 e. The van der Waals surface area contributed by atoms with Crippen molar-refractivity contribution in [3.63, 3.8) is 0 Å². The molecular weight excluding hydrogens is 238 g/mol. The van der Waals surface area contributed by atoms with Gasteiger partial charge in [-0.1, -0.05) is 13.0 Å². The van der Waals surface area contributed by atoms with E-state index in [4.69, 9.17) is 4.74 Å². The number of benzene rings is 1. The maximum atomic E-state index is 5.25. The molecule has 0 radical (unpaired) electrons. The van der Waals surface area contributed by atoms with E-state index in [0.29, 0.717) is 0 Å². The number of nitrogens with zero attached hydrogens (tertiary/aromatic N) is 2. The first kappa shape index (κ1) is 13.5. The Labute approximate surface area is 113 Å². The van der Waals surface area contributed by atoms with Gasteiger partial charge in [0.2, 0.25) is 0 Å². The summed E-state index contributed by atoms with van der Waals surface area (Å²) in [5.41, 5.74) is 3.54. The lowest BCUT2D eigenvalue weighted by Gasteiger charge is -2.20. The van der Waals surface area contributed by atoms with Crippen molar-refractivity contribution in [1.29, 1.82) is 0 Å². The van der Waals surface area contributed by atoms with Crippen LogP contribution in [0.3, 0.4) is 0 Å². The molecule has 4 heteroatoms. The number of methoxy groups -OCH3 is 1. The molecule has 1 N–H and O–H groups in total. The zero-order chi connectivity index (χ0) is 13.7. The summed E-state index contributed by atoms with van der Waals surface area (Å²) in [6.45, 7) is 5.08. The van der Waals surface area contributed by atoms with Crippen molar-refractivity contribution in [3.05, 3.63) is 53.3 Å². The largest absolute Gasteiger partial charge is 0.497 e. The fourth-order valence-electron chi connectivity index (χ4n) is 2.18. The third-order valence-corrected chi connectivity index (χ3v) is 3.14. The summed E-state index contributed by atoms with van der Waals surface area (Å²) in [6, 6.07) is 8.26. The van der Waals surface area contributed by atoms with Gasteiger partial charge in [0.15, 0.2) is 0 Å². The summed E-state index contributed by atoms with van der Waals surface area (Å²) in [5.74, 6) is 0.879. The fourth-order valence-corrected chi connectivity index (χ4v) is 2.18. The maximum Gasteiger partial charge on any atom is 0.119 e. The third-order valence-electron chi connectivity index (χ3n) is 3.14. The van der Waals surface area contributed by atoms with Crippen molar-refractivity contribution in [2.75, 3.05) is 13.7 Å². The Morgan fingerprint density at radius 2 is 2.11 bits per heavy atom. The highest BCUT2D eigenvalue weighted by Gasteiger charge is 2.15. The Morgan fingerprint density at radius 3 is 2.68 bits per heavy atom. The van der Waals surface area contributed by atoms with Crippen LogP contribution in [0.1, 0.15) is 29.7 Å². The lowest BCUT2D eigenvalue weighted by molar-refractivity contribution is 0.414. The average Bonchev–Trinajstić information content (AvgIpc) is 2.46. The second-order valence-electron chi connectivity index (χ2n) is 4.39. The minimum absolute atomic E-state index is 0.131. The van der Waals surface area contributed by atoms with Crippen LogP contribution in [0.5, 0.6) is 5.75 Å². The lowest BCUT2D eigenvalue weighted by atomic mass is 9.96. The molecule has 0 amide bonds. The number of aryl methyl sites for hydroxylation is 1. The van der Waals surface area contributed by atoms with Gasteiger partial charge in [-0.2, -0.15) is 10.2 Å². The summed E-state index contributed by atoms with van der Waals surface area (Å²) < 4.78 is 5.25. The minimum atomic E-state index is 0.131. The molecule has 0 aliphatic heterocycles. The molecule has 2 rings (SSSR count). The first-order valence-corrected chi connectivity index (χ1v) is 6.40. The molecule has 0 aliphatic carbocycles. The third kappa shape index (κ3) is 3.09. The smallest absolute Gasteiger partial charge is 0.119 e. The molecule has 1 aromatic carbocycles. The van der Waals surface area contributed by atoms with E-state index in [0.717, 1.165) is 17.9 Å². The van der Waals surface area contributed by atoms with E-state index >= 15 is 0 Å². The molecule has 0 aliphatic rings. The Hall–Kier alpha value is -1.94. The molecule has 0 spiro atoms. The van der Waals surface area contributed by atoms with Crippen LogP contribution < -0.4 is 10.1 Å². The summed E-state index contributed by atoms with van der Waals surface area (Å²) in [7, 11) is 1.68. The summed E-state index contributed by atoms with van der Waals surface area (Å²) in [6.07, 6.45) is 3.52. The van der Waals surface area contributed by atoms with Crippen molar-refractivity contribution >= 4 is 0 Å². The molecule has 0 saturated heterocycles. The molecule has 0 bridgehead atoms. The second-order valence-corrected chi connectivity index (χ2v) is 4.39.